The molecule has 2 aliphatic rings. The maximum absolute atomic E-state index is 5.42. The molecule has 0 unspecified atom stereocenters. The van der Waals surface area contributed by atoms with E-state index >= 15 is 0 Å². The minimum Gasteiger partial charge on any atom is -0.247 e. The molecular weight excluding hydrogens is 797 g/mol. The maximum atomic E-state index is 5.42. The number of benzene rings is 9. The molecule has 0 saturated heterocycles. The van der Waals surface area contributed by atoms with Crippen molar-refractivity contribution in [2.75, 3.05) is 0 Å². The SMILES string of the molecule is c1ccc(-c2nc(-c3ccccc3)nc(-c3cccc(-c4ccc(-c5nc6ccccc6c6cc7c(cc56)Sc5ccccc5C75c6ccccc6-c6ccccc65)cc4)c3)n2)cc1. The van der Waals surface area contributed by atoms with Gasteiger partial charge in [-0.1, -0.05) is 200 Å². The lowest BCUT2D eigenvalue weighted by atomic mass is 9.67. The van der Waals surface area contributed by atoms with Crippen LogP contribution >= 0.6 is 11.8 Å². The number of nitrogens with zero attached hydrogens (tertiary/aromatic N) is 4. The van der Waals surface area contributed by atoms with E-state index in [9.17, 15) is 0 Å². The van der Waals surface area contributed by atoms with Gasteiger partial charge in [-0.15, -0.1) is 0 Å². The van der Waals surface area contributed by atoms with Crippen molar-refractivity contribution in [1.82, 2.24) is 19.9 Å². The summed E-state index contributed by atoms with van der Waals surface area (Å²) >= 11 is 1.87. The minimum absolute atomic E-state index is 0.452. The van der Waals surface area contributed by atoms with Crippen molar-refractivity contribution in [3.8, 4) is 67.7 Å². The van der Waals surface area contributed by atoms with Gasteiger partial charge in [-0.2, -0.15) is 0 Å². The monoisotopic (exact) mass is 832 g/mol. The highest BCUT2D eigenvalue weighted by Crippen LogP contribution is 2.62. The van der Waals surface area contributed by atoms with Crippen LogP contribution in [0.25, 0.3) is 89.4 Å². The smallest absolute Gasteiger partial charge is 0.164 e. The molecule has 0 saturated carbocycles. The van der Waals surface area contributed by atoms with Crippen LogP contribution in [-0.2, 0) is 5.41 Å². The standard InChI is InChI=1S/C59H36N4S/c1-3-16-39(17-4-1)56-61-57(40-18-5-2-6-19-40)63-58(62-56)42-21-15-20-41(34-42)37-30-32-38(33-31-37)55-47-36-54-51(35-46(47)45-24-9-13-28-52(45)60-55)59(50-27-12-14-29-53(50)64-54)48-25-10-7-22-43(48)44-23-8-11-26-49(44)59/h1-36H. The van der Waals surface area contributed by atoms with Crippen molar-refractivity contribution >= 4 is 33.4 Å². The van der Waals surface area contributed by atoms with Crippen molar-refractivity contribution in [2.24, 2.45) is 0 Å². The summed E-state index contributed by atoms with van der Waals surface area (Å²) in [7, 11) is 0. The molecule has 4 nitrogen and oxygen atoms in total. The van der Waals surface area contributed by atoms with Crippen LogP contribution in [0, 0.1) is 0 Å². The van der Waals surface area contributed by atoms with Crippen LogP contribution in [0.3, 0.4) is 0 Å². The summed E-state index contributed by atoms with van der Waals surface area (Å²) < 4.78 is 0. The van der Waals surface area contributed by atoms with Gasteiger partial charge >= 0.3 is 0 Å². The van der Waals surface area contributed by atoms with E-state index in [2.05, 4.69) is 158 Å². The van der Waals surface area contributed by atoms with Crippen molar-refractivity contribution in [1.29, 1.82) is 0 Å². The van der Waals surface area contributed by atoms with Gasteiger partial charge in [0.05, 0.1) is 16.6 Å². The van der Waals surface area contributed by atoms with Gasteiger partial charge in [0.1, 0.15) is 0 Å². The van der Waals surface area contributed by atoms with E-state index in [1.165, 1.54) is 48.6 Å². The van der Waals surface area contributed by atoms with E-state index in [0.29, 0.717) is 17.5 Å². The normalized spacial score (nSPS) is 13.1. The second-order valence-corrected chi connectivity index (χ2v) is 17.6. The molecule has 298 valence electrons. The van der Waals surface area contributed by atoms with Crippen LogP contribution in [0.5, 0.6) is 0 Å². The Morgan fingerprint density at radius 2 is 0.828 bits per heavy atom. The lowest BCUT2D eigenvalue weighted by Gasteiger charge is -2.40. The Labute approximate surface area is 375 Å². The Bertz CT molecular complexity index is 3540. The van der Waals surface area contributed by atoms with Crippen molar-refractivity contribution in [3.63, 3.8) is 0 Å². The topological polar surface area (TPSA) is 51.6 Å². The third kappa shape index (κ3) is 5.64. The van der Waals surface area contributed by atoms with Crippen LogP contribution in [0.2, 0.25) is 0 Å². The first-order valence-corrected chi connectivity index (χ1v) is 22.4. The molecule has 3 heterocycles. The largest absolute Gasteiger partial charge is 0.247 e. The van der Waals surface area contributed by atoms with Gasteiger partial charge in [-0.25, -0.2) is 19.9 Å². The Morgan fingerprint density at radius 3 is 1.52 bits per heavy atom. The predicted octanol–water partition coefficient (Wildman–Crippen LogP) is 14.7. The van der Waals surface area contributed by atoms with Gasteiger partial charge in [0.2, 0.25) is 0 Å². The summed E-state index contributed by atoms with van der Waals surface area (Å²) in [6, 6.07) is 78.1. The Kier molecular flexibility index (Phi) is 8.33. The summed E-state index contributed by atoms with van der Waals surface area (Å²) in [5, 5.41) is 3.51. The van der Waals surface area contributed by atoms with E-state index in [1.54, 1.807) is 0 Å². The van der Waals surface area contributed by atoms with Crippen molar-refractivity contribution in [2.45, 2.75) is 15.2 Å². The van der Waals surface area contributed by atoms with Gasteiger partial charge in [0, 0.05) is 42.8 Å². The van der Waals surface area contributed by atoms with Crippen molar-refractivity contribution < 1.29 is 0 Å². The molecular formula is C59H36N4S. The number of hydrogen-bond donors (Lipinski definition) is 0. The predicted molar refractivity (Wildman–Crippen MR) is 261 cm³/mol. The first-order chi connectivity index (χ1) is 31.7. The highest BCUT2D eigenvalue weighted by atomic mass is 32.2. The van der Waals surface area contributed by atoms with Crippen LogP contribution < -0.4 is 0 Å². The van der Waals surface area contributed by atoms with Crippen molar-refractivity contribution in [3.05, 3.63) is 241 Å². The number of pyridine rings is 1. The second-order valence-electron chi connectivity index (χ2n) is 16.5. The van der Waals surface area contributed by atoms with E-state index < -0.39 is 5.41 Å². The van der Waals surface area contributed by atoms with E-state index in [4.69, 9.17) is 19.9 Å². The van der Waals surface area contributed by atoms with Gasteiger partial charge in [0.25, 0.3) is 0 Å². The summed E-state index contributed by atoms with van der Waals surface area (Å²) in [6.07, 6.45) is 0. The molecule has 1 aliphatic heterocycles. The van der Waals surface area contributed by atoms with Gasteiger partial charge in [-0.3, -0.25) is 0 Å². The van der Waals surface area contributed by atoms with Gasteiger partial charge in [0.15, 0.2) is 17.5 Å². The molecule has 0 radical (unpaired) electrons. The fraction of sp³-hybridized carbons (Fsp3) is 0.0169. The summed E-state index contributed by atoms with van der Waals surface area (Å²) in [5.41, 5.74) is 15.5. The maximum Gasteiger partial charge on any atom is 0.164 e. The first kappa shape index (κ1) is 36.6. The van der Waals surface area contributed by atoms with Gasteiger partial charge < -0.3 is 0 Å². The Morgan fingerprint density at radius 1 is 0.297 bits per heavy atom. The van der Waals surface area contributed by atoms with E-state index in [0.717, 1.165) is 55.4 Å². The zero-order chi connectivity index (χ0) is 42.2. The number of para-hydroxylation sites is 1. The highest BCUT2D eigenvalue weighted by molar-refractivity contribution is 7.99. The number of hydrogen-bond acceptors (Lipinski definition) is 5. The summed E-state index contributed by atoms with van der Waals surface area (Å²) in [6.45, 7) is 0. The third-order valence-corrected chi connectivity index (χ3v) is 14.1. The molecule has 0 atom stereocenters. The zero-order valence-electron chi connectivity index (χ0n) is 34.5. The van der Waals surface area contributed by atoms with Crippen LogP contribution in [0.15, 0.2) is 228 Å². The zero-order valence-corrected chi connectivity index (χ0v) is 35.3. The summed E-state index contributed by atoms with van der Waals surface area (Å²) in [4.78, 5) is 22.9. The lowest BCUT2D eigenvalue weighted by molar-refractivity contribution is 0.724. The summed E-state index contributed by atoms with van der Waals surface area (Å²) in [5.74, 6) is 1.92. The molecule has 0 fully saturated rings. The molecule has 9 aromatic carbocycles. The molecule has 0 bridgehead atoms. The first-order valence-electron chi connectivity index (χ1n) is 21.6. The van der Waals surface area contributed by atoms with Crippen LogP contribution in [-0.4, -0.2) is 19.9 Å². The molecule has 0 N–H and O–H groups in total. The minimum atomic E-state index is -0.452. The molecule has 1 aliphatic carbocycles. The lowest BCUT2D eigenvalue weighted by Crippen LogP contribution is -2.32. The van der Waals surface area contributed by atoms with Crippen LogP contribution in [0.4, 0.5) is 0 Å². The molecule has 64 heavy (non-hydrogen) atoms. The average Bonchev–Trinajstić information content (AvgIpc) is 3.66. The highest BCUT2D eigenvalue weighted by Gasteiger charge is 2.50. The Balaban J connectivity index is 0.945. The number of fused-ring (bicyclic) bond motifs is 12. The second kappa shape index (κ2) is 14.6. The number of rotatable bonds is 5. The average molecular weight is 833 g/mol. The molecule has 13 rings (SSSR count). The fourth-order valence-corrected chi connectivity index (χ4v) is 11.3. The quantitative estimate of drug-likeness (QED) is 0.162. The molecule has 11 aromatic rings. The van der Waals surface area contributed by atoms with E-state index in [1.807, 2.05) is 72.4 Å². The molecule has 2 aromatic heterocycles. The van der Waals surface area contributed by atoms with Crippen LogP contribution in [0.1, 0.15) is 22.3 Å². The molecule has 5 heteroatoms. The number of aromatic nitrogens is 4. The molecule has 0 amide bonds. The fourth-order valence-electron chi connectivity index (χ4n) is 10.1. The van der Waals surface area contributed by atoms with Gasteiger partial charge in [-0.05, 0) is 80.2 Å². The molecule has 1 spiro atoms. The third-order valence-electron chi connectivity index (χ3n) is 13.0. The van der Waals surface area contributed by atoms with E-state index in [-0.39, 0.29) is 0 Å². The Hall–Kier alpha value is -7.99.